The van der Waals surface area contributed by atoms with Crippen molar-refractivity contribution < 1.29 is 9.18 Å². The number of aromatic nitrogens is 1. The highest BCUT2D eigenvalue weighted by Crippen LogP contribution is 2.41. The van der Waals surface area contributed by atoms with Crippen molar-refractivity contribution in [3.05, 3.63) is 77.3 Å². The molecule has 2 rings (SSSR count). The highest BCUT2D eigenvalue weighted by atomic mass is 19.1. The highest BCUT2D eigenvalue weighted by molar-refractivity contribution is 5.92. The minimum absolute atomic E-state index is 0.0129. The molecule has 1 N–H and O–H groups in total. The zero-order chi connectivity index (χ0) is 29.9. The van der Waals surface area contributed by atoms with Crippen molar-refractivity contribution in [1.82, 2.24) is 4.98 Å². The lowest BCUT2D eigenvalue weighted by atomic mass is 9.66. The number of benzene rings is 1. The number of pyridine rings is 1. The molecule has 2 aromatic rings. The van der Waals surface area contributed by atoms with Crippen LogP contribution in [0.3, 0.4) is 0 Å². The molecule has 0 bridgehead atoms. The van der Waals surface area contributed by atoms with E-state index in [4.69, 9.17) is 4.98 Å². The van der Waals surface area contributed by atoms with Crippen LogP contribution in [0.4, 0.5) is 15.9 Å². The first-order valence-corrected chi connectivity index (χ1v) is 14.8. The number of rotatable bonds is 15. The number of Topliss-reactive ketones (excluding diaryl/α,β-unsaturated/α-hetero) is 1. The minimum Gasteiger partial charge on any atom is -0.338 e. The second-order valence-electron chi connectivity index (χ2n) is 10.6. The van der Waals surface area contributed by atoms with Crippen LogP contribution in [-0.4, -0.2) is 17.0 Å². The van der Waals surface area contributed by atoms with Gasteiger partial charge in [0.05, 0.1) is 22.5 Å². The van der Waals surface area contributed by atoms with Crippen LogP contribution in [0.15, 0.2) is 65.6 Å². The molecule has 216 valence electrons. The summed E-state index contributed by atoms with van der Waals surface area (Å²) in [5.41, 5.74) is 5.25. The van der Waals surface area contributed by atoms with Gasteiger partial charge in [0.2, 0.25) is 0 Å². The summed E-state index contributed by atoms with van der Waals surface area (Å²) in [5.74, 6) is 0.431. The van der Waals surface area contributed by atoms with Crippen LogP contribution in [0.2, 0.25) is 0 Å². The molecule has 0 amide bonds. The summed E-state index contributed by atoms with van der Waals surface area (Å²) in [6, 6.07) is 8.29. The second-order valence-corrected chi connectivity index (χ2v) is 10.6. The van der Waals surface area contributed by atoms with Crippen molar-refractivity contribution in [3.8, 4) is 11.3 Å². The molecule has 0 aliphatic carbocycles. The lowest BCUT2D eigenvalue weighted by Gasteiger charge is -2.36. The number of hydrogen-bond acceptors (Lipinski definition) is 4. The molecular weight excluding hydrogens is 497 g/mol. The van der Waals surface area contributed by atoms with E-state index in [-0.39, 0.29) is 11.6 Å². The molecule has 0 aliphatic rings. The Morgan fingerprint density at radius 1 is 1.15 bits per heavy atom. The van der Waals surface area contributed by atoms with Gasteiger partial charge in [-0.05, 0) is 81.9 Å². The zero-order valence-corrected chi connectivity index (χ0v) is 25.8. The molecule has 5 heteroatoms. The van der Waals surface area contributed by atoms with Crippen molar-refractivity contribution in [2.24, 2.45) is 10.9 Å². The number of allylic oxidation sites excluding steroid dienone is 4. The van der Waals surface area contributed by atoms with Gasteiger partial charge in [0.1, 0.15) is 17.4 Å². The van der Waals surface area contributed by atoms with E-state index in [1.807, 2.05) is 33.1 Å². The molecule has 1 atom stereocenters. The van der Waals surface area contributed by atoms with Crippen LogP contribution in [0.5, 0.6) is 0 Å². The van der Waals surface area contributed by atoms with Gasteiger partial charge in [-0.25, -0.2) is 9.37 Å². The number of nitrogens with zero attached hydrogens (tertiary/aromatic N) is 2. The maximum absolute atomic E-state index is 14.6. The minimum atomic E-state index is -0.486. The number of halogens is 1. The number of carbonyl (C=O) groups excluding carboxylic acids is 1. The fourth-order valence-electron chi connectivity index (χ4n) is 5.42. The Kier molecular flexibility index (Phi) is 12.7. The van der Waals surface area contributed by atoms with Gasteiger partial charge in [0.15, 0.2) is 0 Å². The smallest absolute Gasteiger partial charge is 0.146 e. The van der Waals surface area contributed by atoms with E-state index in [0.717, 1.165) is 72.2 Å². The summed E-state index contributed by atoms with van der Waals surface area (Å²) >= 11 is 0. The number of nitrogens with one attached hydrogen (secondary N) is 1. The first kappa shape index (κ1) is 32.9. The van der Waals surface area contributed by atoms with Gasteiger partial charge in [-0.15, -0.1) is 0 Å². The topological polar surface area (TPSA) is 54.4 Å². The Balaban J connectivity index is 2.75. The Morgan fingerprint density at radius 3 is 2.35 bits per heavy atom. The SMILES string of the molecule is C=C/C(F)=C(\C=C/C)Nc1nc(-c2ccc(C(CCC)(CCC)C(=O)C(C)CC)c(C)c2)cc(N=CCC)c1C. The van der Waals surface area contributed by atoms with Crippen molar-refractivity contribution in [1.29, 1.82) is 0 Å². The van der Waals surface area contributed by atoms with Gasteiger partial charge < -0.3 is 5.32 Å². The number of carbonyl (C=O) groups is 1. The largest absolute Gasteiger partial charge is 0.338 e. The molecule has 1 aromatic heterocycles. The van der Waals surface area contributed by atoms with Crippen LogP contribution in [0.25, 0.3) is 11.3 Å². The monoisotopic (exact) mass is 545 g/mol. The normalized spacial score (nSPS) is 13.5. The third-order valence-corrected chi connectivity index (χ3v) is 7.60. The van der Waals surface area contributed by atoms with E-state index in [0.29, 0.717) is 11.6 Å². The van der Waals surface area contributed by atoms with Gasteiger partial charge in [-0.2, -0.15) is 0 Å². The summed E-state index contributed by atoms with van der Waals surface area (Å²) < 4.78 is 14.6. The Labute approximate surface area is 241 Å². The fraction of sp³-hybridized carbons (Fsp3) is 0.457. The molecule has 40 heavy (non-hydrogen) atoms. The molecule has 0 radical (unpaired) electrons. The van der Waals surface area contributed by atoms with E-state index >= 15 is 0 Å². The number of aryl methyl sites for hydroxylation is 1. The van der Waals surface area contributed by atoms with Crippen LogP contribution in [0, 0.1) is 19.8 Å². The molecule has 0 spiro atoms. The molecule has 1 heterocycles. The third kappa shape index (κ3) is 7.44. The molecule has 4 nitrogen and oxygen atoms in total. The lowest BCUT2D eigenvalue weighted by molar-refractivity contribution is -0.129. The molecule has 1 unspecified atom stereocenters. The third-order valence-electron chi connectivity index (χ3n) is 7.60. The average molecular weight is 546 g/mol. The first-order chi connectivity index (χ1) is 19.1. The summed E-state index contributed by atoms with van der Waals surface area (Å²) in [4.78, 5) is 23.4. The van der Waals surface area contributed by atoms with Crippen molar-refractivity contribution >= 4 is 23.5 Å². The van der Waals surface area contributed by atoms with Gasteiger partial charge in [-0.1, -0.05) is 72.2 Å². The fourth-order valence-corrected chi connectivity index (χ4v) is 5.42. The van der Waals surface area contributed by atoms with Gasteiger partial charge in [-0.3, -0.25) is 9.79 Å². The number of anilines is 1. The van der Waals surface area contributed by atoms with E-state index < -0.39 is 11.2 Å². The number of ketones is 1. The number of aliphatic imine (C=N–C) groups is 1. The lowest BCUT2D eigenvalue weighted by Crippen LogP contribution is -2.40. The Bertz CT molecular complexity index is 1270. The molecule has 0 saturated heterocycles. The average Bonchev–Trinajstić information content (AvgIpc) is 2.95. The zero-order valence-electron chi connectivity index (χ0n) is 25.8. The van der Waals surface area contributed by atoms with Crippen molar-refractivity contribution in [2.45, 2.75) is 99.3 Å². The van der Waals surface area contributed by atoms with Crippen LogP contribution in [0.1, 0.15) is 96.8 Å². The molecule has 0 aliphatic heterocycles. The molecule has 0 saturated carbocycles. The maximum Gasteiger partial charge on any atom is 0.146 e. The summed E-state index contributed by atoms with van der Waals surface area (Å²) in [5, 5.41) is 3.16. The maximum atomic E-state index is 14.6. The Morgan fingerprint density at radius 2 is 1.82 bits per heavy atom. The summed E-state index contributed by atoms with van der Waals surface area (Å²) in [6.45, 7) is 19.9. The standard InChI is InChI=1S/C35H48FN3O/c1-10-16-30(29(36)15-6)38-34-26(9)31(37-21-13-4)23-32(39-34)27-17-18-28(25(8)22-27)35(19-11-2,20-12-3)33(40)24(7)14-5/h10,15-18,21-24H,6,11-14,19-20H2,1-5,7-9H3,(H,38,39)/b16-10-,30-29-,37-21?. The summed E-state index contributed by atoms with van der Waals surface area (Å²) in [6.07, 6.45) is 11.7. The Hall–Kier alpha value is -3.34. The second kappa shape index (κ2) is 15.4. The highest BCUT2D eigenvalue weighted by Gasteiger charge is 2.41. The van der Waals surface area contributed by atoms with Crippen LogP contribution < -0.4 is 5.32 Å². The van der Waals surface area contributed by atoms with Gasteiger partial charge >= 0.3 is 0 Å². The first-order valence-electron chi connectivity index (χ1n) is 14.8. The predicted molar refractivity (Wildman–Crippen MR) is 170 cm³/mol. The van der Waals surface area contributed by atoms with Crippen molar-refractivity contribution in [2.75, 3.05) is 5.32 Å². The van der Waals surface area contributed by atoms with Crippen LogP contribution in [-0.2, 0) is 10.2 Å². The predicted octanol–water partition coefficient (Wildman–Crippen LogP) is 10.3. The number of hydrogen-bond donors (Lipinski definition) is 1. The van der Waals surface area contributed by atoms with Gasteiger partial charge in [0.25, 0.3) is 0 Å². The molecule has 0 fully saturated rings. The van der Waals surface area contributed by atoms with E-state index in [1.165, 1.54) is 6.08 Å². The van der Waals surface area contributed by atoms with Gasteiger partial charge in [0, 0.05) is 23.3 Å². The molecular formula is C35H48FN3O. The van der Waals surface area contributed by atoms with Crippen LogP contribution >= 0.6 is 0 Å². The van der Waals surface area contributed by atoms with Crippen molar-refractivity contribution in [3.63, 3.8) is 0 Å². The van der Waals surface area contributed by atoms with E-state index in [2.05, 4.69) is 69.7 Å². The van der Waals surface area contributed by atoms with E-state index in [9.17, 15) is 9.18 Å². The summed E-state index contributed by atoms with van der Waals surface area (Å²) in [7, 11) is 0. The van der Waals surface area contributed by atoms with E-state index in [1.54, 1.807) is 12.2 Å². The quantitative estimate of drug-likeness (QED) is 0.179. The molecule has 1 aromatic carbocycles.